The van der Waals surface area contributed by atoms with Crippen molar-refractivity contribution in [3.8, 4) is 0 Å². The van der Waals surface area contributed by atoms with E-state index in [2.05, 4.69) is 0 Å². The van der Waals surface area contributed by atoms with E-state index in [0.29, 0.717) is 11.8 Å². The molecule has 0 radical (unpaired) electrons. The van der Waals surface area contributed by atoms with Gasteiger partial charge in [-0.25, -0.2) is 0 Å². The SMILES string of the molecule is O=Cc1ccc(C2CC2)c(C(F)(F)F)c1. The predicted octanol–water partition coefficient (Wildman–Crippen LogP) is 3.40. The Hall–Kier alpha value is -1.32. The quantitative estimate of drug-likeness (QED) is 0.689. The molecule has 2 rings (SSSR count). The van der Waals surface area contributed by atoms with Gasteiger partial charge in [0.1, 0.15) is 6.29 Å². The third-order valence-corrected chi connectivity index (χ3v) is 2.54. The van der Waals surface area contributed by atoms with Gasteiger partial charge in [-0.15, -0.1) is 0 Å². The molecule has 0 N–H and O–H groups in total. The highest BCUT2D eigenvalue weighted by Crippen LogP contribution is 2.45. The maximum absolute atomic E-state index is 12.6. The van der Waals surface area contributed by atoms with Crippen LogP contribution in [0.15, 0.2) is 18.2 Å². The van der Waals surface area contributed by atoms with E-state index in [4.69, 9.17) is 0 Å². The second-order valence-corrected chi connectivity index (χ2v) is 3.74. The zero-order valence-corrected chi connectivity index (χ0v) is 7.84. The lowest BCUT2D eigenvalue weighted by atomic mass is 10.0. The molecular weight excluding hydrogens is 205 g/mol. The van der Waals surface area contributed by atoms with Crippen molar-refractivity contribution in [2.24, 2.45) is 0 Å². The van der Waals surface area contributed by atoms with Crippen LogP contribution < -0.4 is 0 Å². The summed E-state index contributed by atoms with van der Waals surface area (Å²) in [6, 6.07) is 3.79. The molecular formula is C11H9F3O. The van der Waals surface area contributed by atoms with Gasteiger partial charge in [-0.2, -0.15) is 13.2 Å². The number of benzene rings is 1. The van der Waals surface area contributed by atoms with Gasteiger partial charge in [0.2, 0.25) is 0 Å². The minimum Gasteiger partial charge on any atom is -0.298 e. The van der Waals surface area contributed by atoms with E-state index in [0.717, 1.165) is 18.9 Å². The lowest BCUT2D eigenvalue weighted by Crippen LogP contribution is -2.09. The molecule has 1 saturated carbocycles. The molecule has 0 aliphatic heterocycles. The first kappa shape index (κ1) is 10.2. The summed E-state index contributed by atoms with van der Waals surface area (Å²) >= 11 is 0. The Kier molecular flexibility index (Phi) is 2.29. The summed E-state index contributed by atoms with van der Waals surface area (Å²) in [5, 5.41) is 0. The summed E-state index contributed by atoms with van der Waals surface area (Å²) in [6.45, 7) is 0. The van der Waals surface area contributed by atoms with Crippen molar-refractivity contribution in [1.82, 2.24) is 0 Å². The van der Waals surface area contributed by atoms with Crippen molar-refractivity contribution in [3.05, 3.63) is 34.9 Å². The summed E-state index contributed by atoms with van der Waals surface area (Å²) in [6.07, 6.45) is -2.31. The fraction of sp³-hybridized carbons (Fsp3) is 0.364. The van der Waals surface area contributed by atoms with E-state index >= 15 is 0 Å². The number of aldehydes is 1. The number of halogens is 3. The fourth-order valence-corrected chi connectivity index (χ4v) is 1.64. The highest BCUT2D eigenvalue weighted by molar-refractivity contribution is 5.75. The smallest absolute Gasteiger partial charge is 0.298 e. The Morgan fingerprint density at radius 2 is 1.93 bits per heavy atom. The molecule has 1 aromatic rings. The molecule has 1 fully saturated rings. The van der Waals surface area contributed by atoms with Crippen molar-refractivity contribution >= 4 is 6.29 Å². The number of alkyl halides is 3. The summed E-state index contributed by atoms with van der Waals surface area (Å²) in [5.74, 6) is 0.0299. The fourth-order valence-electron chi connectivity index (χ4n) is 1.64. The monoisotopic (exact) mass is 214 g/mol. The van der Waals surface area contributed by atoms with Crippen LogP contribution in [0.25, 0.3) is 0 Å². The van der Waals surface area contributed by atoms with Gasteiger partial charge < -0.3 is 0 Å². The molecule has 1 aromatic carbocycles. The molecule has 1 nitrogen and oxygen atoms in total. The molecule has 0 bridgehead atoms. The first-order valence-corrected chi connectivity index (χ1v) is 4.68. The van der Waals surface area contributed by atoms with Crippen LogP contribution in [0, 0.1) is 0 Å². The zero-order chi connectivity index (χ0) is 11.1. The van der Waals surface area contributed by atoms with Crippen LogP contribution in [0.3, 0.4) is 0 Å². The van der Waals surface area contributed by atoms with Gasteiger partial charge in [0, 0.05) is 5.56 Å². The van der Waals surface area contributed by atoms with Crippen LogP contribution >= 0.6 is 0 Å². The van der Waals surface area contributed by atoms with Crippen molar-refractivity contribution in [2.45, 2.75) is 24.9 Å². The molecule has 15 heavy (non-hydrogen) atoms. The molecule has 0 heterocycles. The Morgan fingerprint density at radius 3 is 2.40 bits per heavy atom. The molecule has 4 heteroatoms. The van der Waals surface area contributed by atoms with Crippen LogP contribution in [-0.2, 0) is 6.18 Å². The number of hydrogen-bond acceptors (Lipinski definition) is 1. The normalized spacial score (nSPS) is 16.5. The number of carbonyl (C=O) groups excluding carboxylic acids is 1. The topological polar surface area (TPSA) is 17.1 Å². The second kappa shape index (κ2) is 3.36. The maximum Gasteiger partial charge on any atom is 0.416 e. The third-order valence-electron chi connectivity index (χ3n) is 2.54. The van der Waals surface area contributed by atoms with E-state index in [1.165, 1.54) is 12.1 Å². The molecule has 0 amide bonds. The van der Waals surface area contributed by atoms with Gasteiger partial charge in [-0.3, -0.25) is 4.79 Å². The van der Waals surface area contributed by atoms with Gasteiger partial charge >= 0.3 is 6.18 Å². The van der Waals surface area contributed by atoms with Crippen LogP contribution in [0.5, 0.6) is 0 Å². The lowest BCUT2D eigenvalue weighted by Gasteiger charge is -2.12. The average molecular weight is 214 g/mol. The Labute approximate surface area is 84.9 Å². The van der Waals surface area contributed by atoms with Crippen molar-refractivity contribution in [1.29, 1.82) is 0 Å². The van der Waals surface area contributed by atoms with Gasteiger partial charge in [0.05, 0.1) is 5.56 Å². The Balaban J connectivity index is 2.50. The molecule has 0 unspecified atom stereocenters. The summed E-state index contributed by atoms with van der Waals surface area (Å²) in [4.78, 5) is 10.4. The lowest BCUT2D eigenvalue weighted by molar-refractivity contribution is -0.138. The first-order valence-electron chi connectivity index (χ1n) is 4.68. The highest BCUT2D eigenvalue weighted by atomic mass is 19.4. The van der Waals surface area contributed by atoms with Crippen LogP contribution in [-0.4, -0.2) is 6.29 Å². The Bertz CT molecular complexity index is 391. The molecule has 1 aliphatic rings. The van der Waals surface area contributed by atoms with E-state index in [9.17, 15) is 18.0 Å². The van der Waals surface area contributed by atoms with E-state index < -0.39 is 11.7 Å². The predicted molar refractivity (Wildman–Crippen MR) is 48.8 cm³/mol. The molecule has 0 spiro atoms. The van der Waals surface area contributed by atoms with Crippen molar-refractivity contribution in [3.63, 3.8) is 0 Å². The largest absolute Gasteiger partial charge is 0.416 e. The summed E-state index contributed by atoms with van der Waals surface area (Å²) in [5.41, 5.74) is -0.255. The Morgan fingerprint density at radius 1 is 1.27 bits per heavy atom. The summed E-state index contributed by atoms with van der Waals surface area (Å²) in [7, 11) is 0. The standard InChI is InChI=1S/C11H9F3O/c12-11(13,14)10-5-7(6-15)1-4-9(10)8-2-3-8/h1,4-6,8H,2-3H2. The van der Waals surface area contributed by atoms with E-state index in [1.54, 1.807) is 0 Å². The number of hydrogen-bond donors (Lipinski definition) is 0. The van der Waals surface area contributed by atoms with Crippen molar-refractivity contribution < 1.29 is 18.0 Å². The molecule has 0 atom stereocenters. The van der Waals surface area contributed by atoms with Crippen LogP contribution in [0.2, 0.25) is 0 Å². The minimum absolute atomic E-state index is 0.0299. The van der Waals surface area contributed by atoms with Gasteiger partial charge in [0.15, 0.2) is 0 Å². The second-order valence-electron chi connectivity index (χ2n) is 3.74. The van der Waals surface area contributed by atoms with Crippen molar-refractivity contribution in [2.75, 3.05) is 0 Å². The van der Waals surface area contributed by atoms with E-state index in [1.807, 2.05) is 0 Å². The molecule has 0 aromatic heterocycles. The van der Waals surface area contributed by atoms with E-state index in [-0.39, 0.29) is 11.5 Å². The number of carbonyl (C=O) groups is 1. The van der Waals surface area contributed by atoms with Gasteiger partial charge in [0.25, 0.3) is 0 Å². The van der Waals surface area contributed by atoms with Gasteiger partial charge in [-0.1, -0.05) is 12.1 Å². The third kappa shape index (κ3) is 2.03. The van der Waals surface area contributed by atoms with Crippen LogP contribution in [0.4, 0.5) is 13.2 Å². The van der Waals surface area contributed by atoms with Crippen LogP contribution in [0.1, 0.15) is 40.2 Å². The molecule has 80 valence electrons. The zero-order valence-electron chi connectivity index (χ0n) is 7.84. The molecule has 0 saturated heterocycles. The first-order chi connectivity index (χ1) is 7.02. The highest BCUT2D eigenvalue weighted by Gasteiger charge is 2.38. The summed E-state index contributed by atoms with van der Waals surface area (Å²) < 4.78 is 37.9. The number of rotatable bonds is 2. The maximum atomic E-state index is 12.6. The molecule has 1 aliphatic carbocycles. The van der Waals surface area contributed by atoms with Gasteiger partial charge in [-0.05, 0) is 30.4 Å². The minimum atomic E-state index is -4.36. The average Bonchev–Trinajstić information content (AvgIpc) is 2.99.